The second kappa shape index (κ2) is 7.71. The number of likely N-dealkylation sites (tertiary alicyclic amines) is 1. The number of aromatic nitrogens is 3. The standard InChI is InChI=1S/C22H19FN6OS/c23-15-1-3-16(4-2-15)31-20-10-25-8-6-17(20)18-9-19(28-27-18)21(30)26-22-7-5-14(22)11-29(12-22)13-24/h1-4,6,8-10,14H,5,7,11-12H2,(H,26,30)(H,27,28)/t14?,22-/m0/s1. The van der Waals surface area contributed by atoms with Crippen molar-refractivity contribution in [3.05, 3.63) is 60.3 Å². The maximum Gasteiger partial charge on any atom is 0.269 e. The summed E-state index contributed by atoms with van der Waals surface area (Å²) in [6.07, 6.45) is 7.49. The summed E-state index contributed by atoms with van der Waals surface area (Å²) in [5.41, 5.74) is 1.51. The van der Waals surface area contributed by atoms with E-state index >= 15 is 0 Å². The maximum absolute atomic E-state index is 13.2. The number of rotatable bonds is 5. The molecule has 31 heavy (non-hydrogen) atoms. The van der Waals surface area contributed by atoms with Gasteiger partial charge in [0.15, 0.2) is 6.19 Å². The molecule has 1 amide bonds. The summed E-state index contributed by atoms with van der Waals surface area (Å²) >= 11 is 1.45. The first-order valence-corrected chi connectivity index (χ1v) is 10.8. The van der Waals surface area contributed by atoms with Crippen LogP contribution in [0.1, 0.15) is 23.3 Å². The van der Waals surface area contributed by atoms with Crippen LogP contribution in [-0.4, -0.2) is 44.6 Å². The van der Waals surface area contributed by atoms with Gasteiger partial charge < -0.3 is 10.2 Å². The highest BCUT2D eigenvalue weighted by atomic mass is 32.2. The Balaban J connectivity index is 1.35. The number of aromatic amines is 1. The Labute approximate surface area is 182 Å². The smallest absolute Gasteiger partial charge is 0.269 e. The molecule has 0 spiro atoms. The Hall–Kier alpha value is -3.38. The summed E-state index contributed by atoms with van der Waals surface area (Å²) in [4.78, 5) is 20.5. The fourth-order valence-corrected chi connectivity index (χ4v) is 5.22. The van der Waals surface area contributed by atoms with E-state index in [1.54, 1.807) is 35.5 Å². The van der Waals surface area contributed by atoms with E-state index < -0.39 is 0 Å². The van der Waals surface area contributed by atoms with Crippen molar-refractivity contribution in [3.8, 4) is 17.5 Å². The van der Waals surface area contributed by atoms with E-state index in [-0.39, 0.29) is 17.3 Å². The summed E-state index contributed by atoms with van der Waals surface area (Å²) < 4.78 is 13.2. The molecule has 3 heterocycles. The molecular formula is C22H19FN6OS. The number of nitriles is 1. The zero-order valence-electron chi connectivity index (χ0n) is 16.5. The number of pyridine rings is 1. The van der Waals surface area contributed by atoms with Gasteiger partial charge >= 0.3 is 0 Å². The third-order valence-electron chi connectivity index (χ3n) is 6.06. The topological polar surface area (TPSA) is 97.7 Å². The second-order valence-electron chi connectivity index (χ2n) is 7.92. The first-order chi connectivity index (χ1) is 15.1. The van der Waals surface area contributed by atoms with Crippen LogP contribution in [-0.2, 0) is 0 Å². The van der Waals surface area contributed by atoms with Crippen LogP contribution >= 0.6 is 11.8 Å². The molecule has 2 aliphatic rings. The molecule has 2 aromatic heterocycles. The van der Waals surface area contributed by atoms with Crippen molar-refractivity contribution in [2.24, 2.45) is 5.92 Å². The second-order valence-corrected chi connectivity index (χ2v) is 9.04. The van der Waals surface area contributed by atoms with Gasteiger partial charge in [-0.05, 0) is 49.2 Å². The molecule has 1 aromatic carbocycles. The van der Waals surface area contributed by atoms with Crippen LogP contribution in [0.5, 0.6) is 0 Å². The highest BCUT2D eigenvalue weighted by Crippen LogP contribution is 2.44. The highest BCUT2D eigenvalue weighted by Gasteiger charge is 2.54. The average Bonchev–Trinajstić information content (AvgIpc) is 3.35. The van der Waals surface area contributed by atoms with Crippen LogP contribution in [0.15, 0.2) is 58.6 Å². The van der Waals surface area contributed by atoms with E-state index in [0.717, 1.165) is 28.2 Å². The van der Waals surface area contributed by atoms with Gasteiger partial charge in [0.1, 0.15) is 11.5 Å². The minimum Gasteiger partial charge on any atom is -0.343 e. The van der Waals surface area contributed by atoms with Gasteiger partial charge in [0.25, 0.3) is 5.91 Å². The van der Waals surface area contributed by atoms with Gasteiger partial charge in [-0.15, -0.1) is 0 Å². The summed E-state index contributed by atoms with van der Waals surface area (Å²) in [5, 5.41) is 19.5. The molecule has 2 N–H and O–H groups in total. The van der Waals surface area contributed by atoms with Gasteiger partial charge in [-0.3, -0.25) is 14.9 Å². The number of carbonyl (C=O) groups excluding carboxylic acids is 1. The van der Waals surface area contributed by atoms with Gasteiger partial charge in [-0.2, -0.15) is 10.4 Å². The Kier molecular flexibility index (Phi) is 4.87. The number of fused-ring (bicyclic) bond motifs is 1. The normalized spacial score (nSPS) is 21.8. The molecule has 0 radical (unpaired) electrons. The van der Waals surface area contributed by atoms with Crippen LogP contribution in [0.25, 0.3) is 11.3 Å². The third-order valence-corrected chi connectivity index (χ3v) is 7.12. The quantitative estimate of drug-likeness (QED) is 0.597. The number of amides is 1. The number of halogens is 1. The van der Waals surface area contributed by atoms with E-state index in [4.69, 9.17) is 0 Å². The van der Waals surface area contributed by atoms with Gasteiger partial charge in [0.05, 0.1) is 17.8 Å². The fourth-order valence-electron chi connectivity index (χ4n) is 4.29. The van der Waals surface area contributed by atoms with Crippen LogP contribution in [0.3, 0.4) is 0 Å². The van der Waals surface area contributed by atoms with E-state index in [1.807, 2.05) is 6.07 Å². The van der Waals surface area contributed by atoms with Crippen LogP contribution in [0.4, 0.5) is 4.39 Å². The average molecular weight is 435 g/mol. The molecule has 3 aromatic rings. The molecule has 5 rings (SSSR count). The van der Waals surface area contributed by atoms with Crippen LogP contribution < -0.4 is 5.32 Å². The first-order valence-electron chi connectivity index (χ1n) is 9.97. The van der Waals surface area contributed by atoms with E-state index in [1.165, 1.54) is 23.9 Å². The van der Waals surface area contributed by atoms with Crippen molar-refractivity contribution in [2.45, 2.75) is 28.2 Å². The summed E-state index contributed by atoms with van der Waals surface area (Å²) in [6, 6.07) is 9.81. The van der Waals surface area contributed by atoms with Crippen molar-refractivity contribution >= 4 is 17.7 Å². The van der Waals surface area contributed by atoms with Crippen molar-refractivity contribution < 1.29 is 9.18 Å². The maximum atomic E-state index is 13.2. The Morgan fingerprint density at radius 1 is 1.35 bits per heavy atom. The van der Waals surface area contributed by atoms with E-state index in [9.17, 15) is 14.4 Å². The molecule has 7 nitrogen and oxygen atoms in total. The van der Waals surface area contributed by atoms with Crippen molar-refractivity contribution in [2.75, 3.05) is 13.1 Å². The summed E-state index contributed by atoms with van der Waals surface area (Å²) in [5.74, 6) is -0.186. The number of nitrogens with zero attached hydrogens (tertiary/aromatic N) is 4. The molecule has 1 saturated carbocycles. The van der Waals surface area contributed by atoms with Crippen molar-refractivity contribution in [3.63, 3.8) is 0 Å². The fraction of sp³-hybridized carbons (Fsp3) is 0.273. The highest BCUT2D eigenvalue weighted by molar-refractivity contribution is 7.99. The summed E-state index contributed by atoms with van der Waals surface area (Å²) in [7, 11) is 0. The lowest BCUT2D eigenvalue weighted by Gasteiger charge is -2.44. The molecule has 1 aliphatic heterocycles. The number of hydrogen-bond acceptors (Lipinski definition) is 6. The van der Waals surface area contributed by atoms with Crippen molar-refractivity contribution in [1.82, 2.24) is 25.4 Å². The van der Waals surface area contributed by atoms with E-state index in [2.05, 4.69) is 26.7 Å². The lowest BCUT2D eigenvalue weighted by Crippen LogP contribution is -2.60. The minimum atomic E-state index is -0.321. The van der Waals surface area contributed by atoms with E-state index in [0.29, 0.717) is 30.4 Å². The third kappa shape index (κ3) is 3.64. The largest absolute Gasteiger partial charge is 0.343 e. The zero-order chi connectivity index (χ0) is 21.4. The van der Waals surface area contributed by atoms with Gasteiger partial charge in [-0.25, -0.2) is 4.39 Å². The number of H-pyrrole nitrogens is 1. The number of nitrogens with one attached hydrogen (secondary N) is 2. The molecule has 2 atom stereocenters. The molecule has 2 fully saturated rings. The summed E-state index contributed by atoms with van der Waals surface area (Å²) in [6.45, 7) is 1.26. The van der Waals surface area contributed by atoms with Crippen LogP contribution in [0, 0.1) is 23.2 Å². The van der Waals surface area contributed by atoms with Gasteiger partial charge in [0, 0.05) is 40.2 Å². The first kappa shape index (κ1) is 19.6. The van der Waals surface area contributed by atoms with Crippen molar-refractivity contribution in [1.29, 1.82) is 5.26 Å². The number of benzene rings is 1. The number of hydrogen-bond donors (Lipinski definition) is 2. The monoisotopic (exact) mass is 434 g/mol. The molecule has 9 heteroatoms. The number of carbonyl (C=O) groups is 1. The molecule has 1 saturated heterocycles. The Morgan fingerprint density at radius 3 is 2.94 bits per heavy atom. The lowest BCUT2D eigenvalue weighted by molar-refractivity contribution is 0.0757. The predicted molar refractivity (Wildman–Crippen MR) is 112 cm³/mol. The van der Waals surface area contributed by atoms with Crippen LogP contribution in [0.2, 0.25) is 0 Å². The molecule has 156 valence electrons. The molecule has 1 unspecified atom stereocenters. The van der Waals surface area contributed by atoms with Gasteiger partial charge in [0.2, 0.25) is 0 Å². The SMILES string of the molecule is N#CN1CC2CC[C@]2(NC(=O)c2cc(-c3ccncc3Sc3ccc(F)cc3)n[nH]2)C1. The lowest BCUT2D eigenvalue weighted by atomic mass is 9.69. The molecular weight excluding hydrogens is 415 g/mol. The predicted octanol–water partition coefficient (Wildman–Crippen LogP) is 3.44. The zero-order valence-corrected chi connectivity index (χ0v) is 17.3. The minimum absolute atomic E-state index is 0.218. The molecule has 1 aliphatic carbocycles. The Bertz CT molecular complexity index is 1170. The Morgan fingerprint density at radius 2 is 2.19 bits per heavy atom. The molecule has 0 bridgehead atoms. The van der Waals surface area contributed by atoms with Gasteiger partial charge in [-0.1, -0.05) is 11.8 Å².